The van der Waals surface area contributed by atoms with Crippen LogP contribution in [-0.4, -0.2) is 50.6 Å². The van der Waals surface area contributed by atoms with E-state index in [0.29, 0.717) is 0 Å². The Bertz CT molecular complexity index is 1150. The van der Waals surface area contributed by atoms with Gasteiger partial charge in [0.1, 0.15) is 11.2 Å². The Morgan fingerprint density at radius 1 is 0.917 bits per heavy atom. The molecular weight excluding hydrogens is 493 g/mol. The van der Waals surface area contributed by atoms with E-state index in [2.05, 4.69) is 64.5 Å². The lowest BCUT2D eigenvalue weighted by atomic mass is 9.72. The summed E-state index contributed by atoms with van der Waals surface area (Å²) in [5, 5.41) is 3.21. The molecule has 0 aliphatic carbocycles. The summed E-state index contributed by atoms with van der Waals surface area (Å²) in [5.41, 5.74) is 4.99. The fourth-order valence-corrected chi connectivity index (χ4v) is 5.39. The Morgan fingerprint density at radius 2 is 1.61 bits per heavy atom. The van der Waals surface area contributed by atoms with Crippen molar-refractivity contribution in [3.8, 4) is 5.75 Å². The number of aryl methyl sites for hydroxylation is 1. The van der Waals surface area contributed by atoms with Gasteiger partial charge in [-0.15, -0.1) is 24.8 Å². The standard InChI is InChI=1S/C29H33N3O2.2ClH/c1-3-22-9-14-26-27(21-22)30-28(33)29(26,23-7-5-4-6-8-23)15-16-31-17-19-32(20-18-31)24-10-12-25(34-2)13-11-24;;/h4-14,21H,3,15-20H2,1-2H3,(H,30,33);2*1H. The first kappa shape index (κ1) is 27.9. The molecular formula is C29H35Cl2N3O2. The van der Waals surface area contributed by atoms with E-state index in [0.717, 1.165) is 68.1 Å². The van der Waals surface area contributed by atoms with Crippen LogP contribution in [0.25, 0.3) is 0 Å². The number of methoxy groups -OCH3 is 1. The molecule has 0 spiro atoms. The first-order valence-corrected chi connectivity index (χ1v) is 12.3. The lowest BCUT2D eigenvalue weighted by molar-refractivity contribution is -0.119. The molecule has 1 N–H and O–H groups in total. The molecule has 3 aromatic rings. The predicted molar refractivity (Wildman–Crippen MR) is 152 cm³/mol. The Labute approximate surface area is 226 Å². The molecule has 2 aliphatic heterocycles. The number of anilines is 2. The van der Waals surface area contributed by atoms with Gasteiger partial charge in [0.25, 0.3) is 0 Å². The number of amides is 1. The predicted octanol–water partition coefficient (Wildman–Crippen LogP) is 5.55. The van der Waals surface area contributed by atoms with Crippen LogP contribution in [0.3, 0.4) is 0 Å². The average Bonchev–Trinajstić information content (AvgIpc) is 3.19. The molecule has 1 amide bonds. The van der Waals surface area contributed by atoms with Crippen LogP contribution in [0, 0.1) is 0 Å². The number of nitrogens with one attached hydrogen (secondary N) is 1. The molecule has 0 aromatic heterocycles. The summed E-state index contributed by atoms with van der Waals surface area (Å²) >= 11 is 0. The molecule has 2 heterocycles. The second kappa shape index (κ2) is 12.0. The molecule has 192 valence electrons. The number of rotatable bonds is 7. The van der Waals surface area contributed by atoms with Gasteiger partial charge >= 0.3 is 0 Å². The van der Waals surface area contributed by atoms with Gasteiger partial charge in [-0.2, -0.15) is 0 Å². The minimum absolute atomic E-state index is 0. The second-order valence-corrected chi connectivity index (χ2v) is 9.24. The largest absolute Gasteiger partial charge is 0.497 e. The van der Waals surface area contributed by atoms with Gasteiger partial charge in [0.05, 0.1) is 7.11 Å². The smallest absolute Gasteiger partial charge is 0.239 e. The van der Waals surface area contributed by atoms with Crippen LogP contribution in [0.1, 0.15) is 30.0 Å². The van der Waals surface area contributed by atoms with Crippen molar-refractivity contribution in [3.63, 3.8) is 0 Å². The molecule has 1 unspecified atom stereocenters. The molecule has 1 fully saturated rings. The zero-order valence-electron chi connectivity index (χ0n) is 20.9. The summed E-state index contributed by atoms with van der Waals surface area (Å²) in [7, 11) is 1.70. The van der Waals surface area contributed by atoms with Crippen molar-refractivity contribution >= 4 is 42.1 Å². The van der Waals surface area contributed by atoms with Crippen molar-refractivity contribution in [2.75, 3.05) is 50.1 Å². The molecule has 2 aliphatic rings. The van der Waals surface area contributed by atoms with Crippen LogP contribution in [0.5, 0.6) is 5.75 Å². The van der Waals surface area contributed by atoms with Gasteiger partial charge in [0.2, 0.25) is 5.91 Å². The molecule has 7 heteroatoms. The highest BCUT2D eigenvalue weighted by atomic mass is 35.5. The summed E-state index contributed by atoms with van der Waals surface area (Å²) in [4.78, 5) is 18.5. The number of carbonyl (C=O) groups is 1. The Balaban J connectivity index is 0.00000180. The lowest BCUT2D eigenvalue weighted by Crippen LogP contribution is -2.48. The van der Waals surface area contributed by atoms with E-state index in [4.69, 9.17) is 4.74 Å². The van der Waals surface area contributed by atoms with Gasteiger partial charge < -0.3 is 15.0 Å². The summed E-state index contributed by atoms with van der Waals surface area (Å²) in [6.45, 7) is 6.96. The van der Waals surface area contributed by atoms with Gasteiger partial charge in [-0.05, 0) is 66.4 Å². The van der Waals surface area contributed by atoms with Crippen LogP contribution in [-0.2, 0) is 16.6 Å². The third-order valence-corrected chi connectivity index (χ3v) is 7.47. The zero-order valence-corrected chi connectivity index (χ0v) is 22.5. The third-order valence-electron chi connectivity index (χ3n) is 7.47. The maximum Gasteiger partial charge on any atom is 0.239 e. The van der Waals surface area contributed by atoms with Gasteiger partial charge in [0, 0.05) is 37.6 Å². The minimum Gasteiger partial charge on any atom is -0.497 e. The van der Waals surface area contributed by atoms with Crippen LogP contribution >= 0.6 is 24.8 Å². The zero-order chi connectivity index (χ0) is 23.5. The number of hydrogen-bond donors (Lipinski definition) is 1. The van der Waals surface area contributed by atoms with E-state index in [9.17, 15) is 4.79 Å². The van der Waals surface area contributed by atoms with Gasteiger partial charge in [-0.1, -0.05) is 49.4 Å². The number of ether oxygens (including phenoxy) is 1. The Morgan fingerprint density at radius 3 is 2.25 bits per heavy atom. The van der Waals surface area contributed by atoms with Crippen LogP contribution in [0.15, 0.2) is 72.8 Å². The van der Waals surface area contributed by atoms with Crippen molar-refractivity contribution < 1.29 is 9.53 Å². The number of carbonyl (C=O) groups excluding carboxylic acids is 1. The molecule has 3 aromatic carbocycles. The van der Waals surface area contributed by atoms with Crippen molar-refractivity contribution in [2.24, 2.45) is 0 Å². The number of benzene rings is 3. The highest BCUT2D eigenvalue weighted by Crippen LogP contribution is 2.45. The van der Waals surface area contributed by atoms with E-state index in [1.165, 1.54) is 11.3 Å². The average molecular weight is 529 g/mol. The number of hydrogen-bond acceptors (Lipinski definition) is 4. The summed E-state index contributed by atoms with van der Waals surface area (Å²) in [6.07, 6.45) is 1.73. The van der Waals surface area contributed by atoms with Crippen molar-refractivity contribution in [1.29, 1.82) is 0 Å². The van der Waals surface area contributed by atoms with Crippen LogP contribution in [0.4, 0.5) is 11.4 Å². The number of halogens is 2. The molecule has 0 bridgehead atoms. The summed E-state index contributed by atoms with van der Waals surface area (Å²) < 4.78 is 5.29. The molecule has 5 nitrogen and oxygen atoms in total. The van der Waals surface area contributed by atoms with Crippen LogP contribution < -0.4 is 15.0 Å². The number of piperazine rings is 1. The molecule has 0 radical (unpaired) electrons. The molecule has 1 saturated heterocycles. The van der Waals surface area contributed by atoms with Gasteiger partial charge in [-0.25, -0.2) is 0 Å². The molecule has 1 atom stereocenters. The Kier molecular flexibility index (Phi) is 9.29. The Hall–Kier alpha value is -2.73. The third kappa shape index (κ3) is 5.19. The topological polar surface area (TPSA) is 44.8 Å². The summed E-state index contributed by atoms with van der Waals surface area (Å²) in [5.74, 6) is 0.980. The minimum atomic E-state index is -0.643. The summed E-state index contributed by atoms with van der Waals surface area (Å²) in [6, 6.07) is 25.1. The fraction of sp³-hybridized carbons (Fsp3) is 0.345. The first-order chi connectivity index (χ1) is 16.6. The van der Waals surface area contributed by atoms with E-state index >= 15 is 0 Å². The quantitative estimate of drug-likeness (QED) is 0.437. The first-order valence-electron chi connectivity index (χ1n) is 12.3. The van der Waals surface area contributed by atoms with E-state index in [1.54, 1.807) is 7.11 Å². The van der Waals surface area contributed by atoms with E-state index < -0.39 is 5.41 Å². The van der Waals surface area contributed by atoms with E-state index in [1.807, 2.05) is 30.3 Å². The molecule has 36 heavy (non-hydrogen) atoms. The highest BCUT2D eigenvalue weighted by Gasteiger charge is 2.48. The highest BCUT2D eigenvalue weighted by molar-refractivity contribution is 6.08. The maximum atomic E-state index is 13.6. The van der Waals surface area contributed by atoms with E-state index in [-0.39, 0.29) is 30.7 Å². The number of nitrogens with zero attached hydrogens (tertiary/aromatic N) is 2. The van der Waals surface area contributed by atoms with Crippen molar-refractivity contribution in [2.45, 2.75) is 25.2 Å². The monoisotopic (exact) mass is 527 g/mol. The normalized spacial score (nSPS) is 19.1. The maximum absolute atomic E-state index is 13.6. The molecule has 0 saturated carbocycles. The van der Waals surface area contributed by atoms with Crippen LogP contribution in [0.2, 0.25) is 0 Å². The fourth-order valence-electron chi connectivity index (χ4n) is 5.39. The lowest BCUT2D eigenvalue weighted by Gasteiger charge is -2.38. The molecule has 5 rings (SSSR count). The number of fused-ring (bicyclic) bond motifs is 1. The van der Waals surface area contributed by atoms with Crippen molar-refractivity contribution in [1.82, 2.24) is 4.90 Å². The SMILES string of the molecule is CCc1ccc2c(c1)NC(=O)C2(CCN1CCN(c2ccc(OC)cc2)CC1)c1ccccc1.Cl.Cl. The van der Waals surface area contributed by atoms with Gasteiger partial charge in [0.15, 0.2) is 0 Å². The van der Waals surface area contributed by atoms with Gasteiger partial charge in [-0.3, -0.25) is 9.69 Å². The second-order valence-electron chi connectivity index (χ2n) is 9.24. The van der Waals surface area contributed by atoms with Crippen molar-refractivity contribution in [3.05, 3.63) is 89.5 Å².